The number of carbonyl (C=O) groups is 2. The lowest BCUT2D eigenvalue weighted by Gasteiger charge is -2.07. The van der Waals surface area contributed by atoms with E-state index in [1.54, 1.807) is 11.6 Å². The molecule has 0 unspecified atom stereocenters. The molecule has 0 aromatic carbocycles. The number of hydrogen-bond acceptors (Lipinski definition) is 6. The molecular formula is C15H17N3O4S. The SMILES string of the molecule is O=C(CCC1CCCC1)Nc1onc(-c2nccs2)c1C(=O)O. The molecule has 2 heterocycles. The highest BCUT2D eigenvalue weighted by Crippen LogP contribution is 2.31. The van der Waals surface area contributed by atoms with Gasteiger partial charge in [-0.25, -0.2) is 9.78 Å². The van der Waals surface area contributed by atoms with Crippen molar-refractivity contribution in [2.24, 2.45) is 5.92 Å². The molecule has 1 fully saturated rings. The van der Waals surface area contributed by atoms with E-state index in [1.165, 1.54) is 37.0 Å². The predicted octanol–water partition coefficient (Wildman–Crippen LogP) is 3.41. The zero-order valence-corrected chi connectivity index (χ0v) is 13.3. The maximum Gasteiger partial charge on any atom is 0.343 e. The lowest BCUT2D eigenvalue weighted by atomic mass is 10.0. The number of rotatable bonds is 6. The number of carbonyl (C=O) groups excluding carboxylic acids is 1. The Balaban J connectivity index is 1.69. The summed E-state index contributed by atoms with van der Waals surface area (Å²) in [7, 11) is 0. The Morgan fingerprint density at radius 1 is 1.39 bits per heavy atom. The van der Waals surface area contributed by atoms with Crippen molar-refractivity contribution in [3.8, 4) is 10.7 Å². The molecule has 1 aliphatic rings. The number of nitrogens with zero attached hydrogens (tertiary/aromatic N) is 2. The number of carboxylic acids is 1. The lowest BCUT2D eigenvalue weighted by molar-refractivity contribution is -0.116. The van der Waals surface area contributed by atoms with E-state index in [1.807, 2.05) is 0 Å². The lowest BCUT2D eigenvalue weighted by Crippen LogP contribution is -2.14. The third kappa shape index (κ3) is 3.58. The van der Waals surface area contributed by atoms with Gasteiger partial charge in [0.15, 0.2) is 11.3 Å². The standard InChI is InChI=1S/C15H17N3O4S/c19-10(6-5-9-3-1-2-4-9)17-13-11(15(20)21)12(18-22-13)14-16-7-8-23-14/h7-9H,1-6H2,(H,17,19)(H,20,21). The third-order valence-corrected chi connectivity index (χ3v) is 4.83. The molecule has 8 heteroatoms. The Morgan fingerprint density at radius 3 is 2.83 bits per heavy atom. The second kappa shape index (κ2) is 6.91. The zero-order chi connectivity index (χ0) is 16.2. The quantitative estimate of drug-likeness (QED) is 0.838. The van der Waals surface area contributed by atoms with Gasteiger partial charge in [-0.15, -0.1) is 11.3 Å². The summed E-state index contributed by atoms with van der Waals surface area (Å²) in [5.74, 6) is -0.983. The van der Waals surface area contributed by atoms with Crippen molar-refractivity contribution in [3.05, 3.63) is 17.1 Å². The summed E-state index contributed by atoms with van der Waals surface area (Å²) in [5, 5.41) is 17.8. The van der Waals surface area contributed by atoms with Crippen molar-refractivity contribution >= 4 is 29.1 Å². The van der Waals surface area contributed by atoms with Gasteiger partial charge < -0.3 is 9.63 Å². The van der Waals surface area contributed by atoms with Gasteiger partial charge in [0, 0.05) is 18.0 Å². The van der Waals surface area contributed by atoms with E-state index in [2.05, 4.69) is 15.5 Å². The normalized spacial score (nSPS) is 15.0. The highest BCUT2D eigenvalue weighted by molar-refractivity contribution is 7.13. The molecule has 0 atom stereocenters. The molecule has 0 spiro atoms. The Hall–Kier alpha value is -2.22. The van der Waals surface area contributed by atoms with Crippen LogP contribution in [0.2, 0.25) is 0 Å². The highest BCUT2D eigenvalue weighted by Gasteiger charge is 2.26. The van der Waals surface area contributed by atoms with Crippen molar-refractivity contribution in [2.45, 2.75) is 38.5 Å². The number of carboxylic acid groups (broad SMARTS) is 1. The van der Waals surface area contributed by atoms with E-state index in [4.69, 9.17) is 4.52 Å². The summed E-state index contributed by atoms with van der Waals surface area (Å²) in [6.07, 6.45) is 7.54. The first-order valence-corrected chi connectivity index (χ1v) is 8.46. The van der Waals surface area contributed by atoms with Gasteiger partial charge in [-0.3, -0.25) is 10.1 Å². The van der Waals surface area contributed by atoms with Crippen LogP contribution in [0, 0.1) is 5.92 Å². The van der Waals surface area contributed by atoms with Gasteiger partial charge in [0.1, 0.15) is 5.01 Å². The Bertz CT molecular complexity index is 690. The summed E-state index contributed by atoms with van der Waals surface area (Å²) in [4.78, 5) is 27.5. The molecular weight excluding hydrogens is 318 g/mol. The first-order valence-electron chi connectivity index (χ1n) is 7.58. The van der Waals surface area contributed by atoms with Crippen LogP contribution in [0.3, 0.4) is 0 Å². The Labute approximate surface area is 136 Å². The third-order valence-electron chi connectivity index (χ3n) is 4.05. The van der Waals surface area contributed by atoms with Gasteiger partial charge in [-0.05, 0) is 12.3 Å². The van der Waals surface area contributed by atoms with Crippen molar-refractivity contribution < 1.29 is 19.2 Å². The predicted molar refractivity (Wildman–Crippen MR) is 84.4 cm³/mol. The van der Waals surface area contributed by atoms with Crippen LogP contribution in [-0.4, -0.2) is 27.1 Å². The van der Waals surface area contributed by atoms with Gasteiger partial charge in [-0.1, -0.05) is 30.8 Å². The van der Waals surface area contributed by atoms with Gasteiger partial charge in [0.2, 0.25) is 11.8 Å². The minimum atomic E-state index is -1.21. The number of amides is 1. The molecule has 1 saturated carbocycles. The smallest absolute Gasteiger partial charge is 0.343 e. The number of nitrogens with one attached hydrogen (secondary N) is 1. The topological polar surface area (TPSA) is 105 Å². The number of aromatic carboxylic acids is 1. The van der Waals surface area contributed by atoms with Crippen molar-refractivity contribution in [2.75, 3.05) is 5.32 Å². The van der Waals surface area contributed by atoms with E-state index in [0.717, 1.165) is 6.42 Å². The minimum Gasteiger partial charge on any atom is -0.477 e. The first-order chi connectivity index (χ1) is 11.1. The van der Waals surface area contributed by atoms with E-state index < -0.39 is 5.97 Å². The van der Waals surface area contributed by atoms with Gasteiger partial charge in [0.05, 0.1) is 0 Å². The van der Waals surface area contributed by atoms with Crippen LogP contribution in [0.15, 0.2) is 16.1 Å². The summed E-state index contributed by atoms with van der Waals surface area (Å²) < 4.78 is 5.03. The summed E-state index contributed by atoms with van der Waals surface area (Å²) in [6.45, 7) is 0. The number of anilines is 1. The zero-order valence-electron chi connectivity index (χ0n) is 12.4. The molecule has 7 nitrogen and oxygen atoms in total. The fourth-order valence-corrected chi connectivity index (χ4v) is 3.51. The van der Waals surface area contributed by atoms with E-state index in [-0.39, 0.29) is 23.0 Å². The van der Waals surface area contributed by atoms with E-state index in [9.17, 15) is 14.7 Å². The summed E-state index contributed by atoms with van der Waals surface area (Å²) in [5.41, 5.74) is -0.0206. The number of aromatic nitrogens is 2. The summed E-state index contributed by atoms with van der Waals surface area (Å²) >= 11 is 1.26. The average Bonchev–Trinajstić information content (AvgIpc) is 3.25. The molecule has 3 rings (SSSR count). The summed E-state index contributed by atoms with van der Waals surface area (Å²) in [6, 6.07) is 0. The van der Waals surface area contributed by atoms with Crippen molar-refractivity contribution in [3.63, 3.8) is 0 Å². The molecule has 1 amide bonds. The van der Waals surface area contributed by atoms with Crippen LogP contribution < -0.4 is 5.32 Å². The minimum absolute atomic E-state index is 0.126. The second-order valence-corrected chi connectivity index (χ2v) is 6.51. The van der Waals surface area contributed by atoms with Crippen molar-refractivity contribution in [1.29, 1.82) is 0 Å². The molecule has 2 aromatic rings. The van der Waals surface area contributed by atoms with Gasteiger partial charge in [0.25, 0.3) is 0 Å². The van der Waals surface area contributed by atoms with Crippen LogP contribution in [0.5, 0.6) is 0 Å². The Morgan fingerprint density at radius 2 is 2.17 bits per heavy atom. The largest absolute Gasteiger partial charge is 0.477 e. The monoisotopic (exact) mass is 335 g/mol. The van der Waals surface area contributed by atoms with Crippen LogP contribution >= 0.6 is 11.3 Å². The van der Waals surface area contributed by atoms with Gasteiger partial charge in [-0.2, -0.15) is 0 Å². The Kier molecular flexibility index (Phi) is 4.71. The van der Waals surface area contributed by atoms with Crippen LogP contribution in [0.4, 0.5) is 5.88 Å². The van der Waals surface area contributed by atoms with Crippen LogP contribution in [-0.2, 0) is 4.79 Å². The molecule has 1 aliphatic carbocycles. The second-order valence-electron chi connectivity index (χ2n) is 5.62. The fourth-order valence-electron chi connectivity index (χ4n) is 2.88. The fraction of sp³-hybridized carbons (Fsp3) is 0.467. The molecule has 2 aromatic heterocycles. The molecule has 0 radical (unpaired) electrons. The van der Waals surface area contributed by atoms with Crippen LogP contribution in [0.1, 0.15) is 48.9 Å². The molecule has 0 bridgehead atoms. The molecule has 0 aliphatic heterocycles. The maximum absolute atomic E-state index is 12.0. The molecule has 0 saturated heterocycles. The van der Waals surface area contributed by atoms with E-state index >= 15 is 0 Å². The van der Waals surface area contributed by atoms with Crippen molar-refractivity contribution in [1.82, 2.24) is 10.1 Å². The molecule has 2 N–H and O–H groups in total. The highest BCUT2D eigenvalue weighted by atomic mass is 32.1. The van der Waals surface area contributed by atoms with Crippen LogP contribution in [0.25, 0.3) is 10.7 Å². The van der Waals surface area contributed by atoms with Gasteiger partial charge >= 0.3 is 5.97 Å². The number of thiazole rings is 1. The molecule has 23 heavy (non-hydrogen) atoms. The van der Waals surface area contributed by atoms with E-state index in [0.29, 0.717) is 17.3 Å². The maximum atomic E-state index is 12.0. The first kappa shape index (κ1) is 15.7. The number of hydrogen-bond donors (Lipinski definition) is 2. The average molecular weight is 335 g/mol. The molecule has 122 valence electrons.